The summed E-state index contributed by atoms with van der Waals surface area (Å²) in [4.78, 5) is 12.3. The van der Waals surface area contributed by atoms with Gasteiger partial charge in [-0.1, -0.05) is 0 Å². The first-order valence-corrected chi connectivity index (χ1v) is 7.33. The van der Waals surface area contributed by atoms with Crippen LogP contribution in [0.25, 0.3) is 0 Å². The number of methoxy groups -OCH3 is 1. The first kappa shape index (κ1) is 18.3. The minimum Gasteiger partial charge on any atom is -0.481 e. The van der Waals surface area contributed by atoms with Gasteiger partial charge in [0.1, 0.15) is 0 Å². The van der Waals surface area contributed by atoms with Crippen molar-refractivity contribution in [2.75, 3.05) is 54.0 Å². The lowest BCUT2D eigenvalue weighted by atomic mass is 10.4. The Labute approximate surface area is 114 Å². The first-order valence-electron chi connectivity index (χ1n) is 5.89. The third-order valence-electron chi connectivity index (χ3n) is 2.51. The number of nitrogens with zero attached hydrogens (tertiary/aromatic N) is 2. The van der Waals surface area contributed by atoms with Crippen LogP contribution in [0, 0.1) is 0 Å². The second-order valence-corrected chi connectivity index (χ2v) is 6.02. The van der Waals surface area contributed by atoms with E-state index in [4.69, 9.17) is 9.84 Å². The molecule has 8 nitrogen and oxygen atoms in total. The van der Waals surface area contributed by atoms with Gasteiger partial charge in [-0.3, -0.25) is 4.79 Å². The number of carboxylic acid groups (broad SMARTS) is 1. The number of nitrogens with one attached hydrogen (secondary N) is 1. The molecule has 0 aliphatic heterocycles. The van der Waals surface area contributed by atoms with E-state index in [1.165, 1.54) is 7.05 Å². The molecule has 0 heterocycles. The molecule has 2 N–H and O–H groups in total. The van der Waals surface area contributed by atoms with Crippen molar-refractivity contribution in [3.8, 4) is 0 Å². The van der Waals surface area contributed by atoms with Gasteiger partial charge < -0.3 is 14.7 Å². The molecule has 0 fully saturated rings. The lowest BCUT2D eigenvalue weighted by molar-refractivity contribution is -0.137. The van der Waals surface area contributed by atoms with Crippen molar-refractivity contribution in [2.24, 2.45) is 0 Å². The molecule has 0 spiro atoms. The zero-order chi connectivity index (χ0) is 14.9. The van der Waals surface area contributed by atoms with Crippen molar-refractivity contribution in [3.05, 3.63) is 0 Å². The highest BCUT2D eigenvalue weighted by Gasteiger charge is 2.17. The SMILES string of the molecule is COCCN(C)CCNS(=O)(=O)N(C)CCC(=O)O. The zero-order valence-corrected chi connectivity index (χ0v) is 12.4. The Balaban J connectivity index is 3.99. The van der Waals surface area contributed by atoms with Crippen molar-refractivity contribution in [2.45, 2.75) is 6.42 Å². The van der Waals surface area contributed by atoms with E-state index in [1.807, 2.05) is 11.9 Å². The number of carboxylic acids is 1. The molecule has 19 heavy (non-hydrogen) atoms. The van der Waals surface area contributed by atoms with E-state index in [1.54, 1.807) is 7.11 Å². The normalized spacial score (nSPS) is 12.3. The van der Waals surface area contributed by atoms with Crippen LogP contribution < -0.4 is 4.72 Å². The minimum absolute atomic E-state index is 0.0514. The third-order valence-corrected chi connectivity index (χ3v) is 4.08. The molecule has 0 saturated heterocycles. The van der Waals surface area contributed by atoms with Gasteiger partial charge in [0.15, 0.2) is 0 Å². The van der Waals surface area contributed by atoms with E-state index >= 15 is 0 Å². The van der Waals surface area contributed by atoms with Crippen molar-refractivity contribution in [3.63, 3.8) is 0 Å². The summed E-state index contributed by atoms with van der Waals surface area (Å²) >= 11 is 0. The molecular formula is C10H23N3O5S. The number of carbonyl (C=O) groups is 1. The number of hydrogen-bond donors (Lipinski definition) is 2. The summed E-state index contributed by atoms with van der Waals surface area (Å²) in [5.41, 5.74) is 0. The zero-order valence-electron chi connectivity index (χ0n) is 11.6. The monoisotopic (exact) mass is 297 g/mol. The molecule has 0 amide bonds. The average Bonchev–Trinajstić information content (AvgIpc) is 2.32. The van der Waals surface area contributed by atoms with Crippen LogP contribution >= 0.6 is 0 Å². The van der Waals surface area contributed by atoms with Crippen LogP contribution in [0.5, 0.6) is 0 Å². The summed E-state index contributed by atoms with van der Waals surface area (Å²) in [5, 5.41) is 8.50. The van der Waals surface area contributed by atoms with E-state index < -0.39 is 16.2 Å². The highest BCUT2D eigenvalue weighted by atomic mass is 32.2. The summed E-state index contributed by atoms with van der Waals surface area (Å²) in [6.07, 6.45) is -0.217. The first-order chi connectivity index (χ1) is 8.79. The Hall–Kier alpha value is -0.740. The molecule has 0 bridgehead atoms. The molecule has 0 aliphatic rings. The number of ether oxygens (including phenoxy) is 1. The maximum Gasteiger partial charge on any atom is 0.304 e. The second kappa shape index (κ2) is 9.21. The fraction of sp³-hybridized carbons (Fsp3) is 0.900. The average molecular weight is 297 g/mol. The quantitative estimate of drug-likeness (QED) is 0.497. The van der Waals surface area contributed by atoms with Gasteiger partial charge in [0.25, 0.3) is 10.2 Å². The van der Waals surface area contributed by atoms with Crippen LogP contribution in [0.15, 0.2) is 0 Å². The molecule has 0 radical (unpaired) electrons. The Morgan fingerprint density at radius 1 is 1.26 bits per heavy atom. The summed E-state index contributed by atoms with van der Waals surface area (Å²) in [6.45, 7) is 2.06. The van der Waals surface area contributed by atoms with Crippen LogP contribution in [0.1, 0.15) is 6.42 Å². The second-order valence-electron chi connectivity index (χ2n) is 4.16. The van der Waals surface area contributed by atoms with Crippen molar-refractivity contribution in [1.82, 2.24) is 13.9 Å². The van der Waals surface area contributed by atoms with E-state index in [0.29, 0.717) is 19.7 Å². The maximum absolute atomic E-state index is 11.7. The molecule has 0 saturated carbocycles. The summed E-state index contributed by atoms with van der Waals surface area (Å²) < 4.78 is 31.8. The van der Waals surface area contributed by atoms with Gasteiger partial charge in [-0.25, -0.2) is 4.72 Å². The maximum atomic E-state index is 11.7. The molecule has 0 unspecified atom stereocenters. The van der Waals surface area contributed by atoms with Gasteiger partial charge in [-0.15, -0.1) is 0 Å². The summed E-state index contributed by atoms with van der Waals surface area (Å²) in [5.74, 6) is -1.03. The van der Waals surface area contributed by atoms with E-state index in [9.17, 15) is 13.2 Å². The molecule has 114 valence electrons. The predicted molar refractivity (Wildman–Crippen MR) is 71.2 cm³/mol. The summed E-state index contributed by atoms with van der Waals surface area (Å²) in [6, 6.07) is 0. The van der Waals surface area contributed by atoms with Crippen molar-refractivity contribution >= 4 is 16.2 Å². The smallest absolute Gasteiger partial charge is 0.304 e. The van der Waals surface area contributed by atoms with Crippen LogP contribution in [-0.2, 0) is 19.7 Å². The Kier molecular flexibility index (Phi) is 8.85. The number of aliphatic carboxylic acids is 1. The topological polar surface area (TPSA) is 99.2 Å². The highest BCUT2D eigenvalue weighted by Crippen LogP contribution is 1.95. The molecule has 0 aromatic heterocycles. The largest absolute Gasteiger partial charge is 0.481 e. The Bertz CT molecular complexity index is 360. The lowest BCUT2D eigenvalue weighted by Gasteiger charge is -2.19. The van der Waals surface area contributed by atoms with Crippen LogP contribution in [0.4, 0.5) is 0 Å². The fourth-order valence-corrected chi connectivity index (χ4v) is 2.11. The van der Waals surface area contributed by atoms with Gasteiger partial charge in [0, 0.05) is 40.3 Å². The Morgan fingerprint density at radius 2 is 1.89 bits per heavy atom. The van der Waals surface area contributed by atoms with Gasteiger partial charge in [0.05, 0.1) is 13.0 Å². The predicted octanol–water partition coefficient (Wildman–Crippen LogP) is -1.19. The molecular weight excluding hydrogens is 274 g/mol. The van der Waals surface area contributed by atoms with E-state index in [-0.39, 0.29) is 19.5 Å². The van der Waals surface area contributed by atoms with Crippen molar-refractivity contribution < 1.29 is 23.1 Å². The van der Waals surface area contributed by atoms with Crippen molar-refractivity contribution in [1.29, 1.82) is 0 Å². The molecule has 9 heteroatoms. The van der Waals surface area contributed by atoms with Gasteiger partial charge in [0.2, 0.25) is 0 Å². The third kappa shape index (κ3) is 8.89. The van der Waals surface area contributed by atoms with Gasteiger partial charge >= 0.3 is 5.97 Å². The molecule has 0 aromatic carbocycles. The highest BCUT2D eigenvalue weighted by molar-refractivity contribution is 7.87. The van der Waals surface area contributed by atoms with Gasteiger partial charge in [-0.2, -0.15) is 12.7 Å². The molecule has 0 aliphatic carbocycles. The van der Waals surface area contributed by atoms with E-state index in [2.05, 4.69) is 4.72 Å². The van der Waals surface area contributed by atoms with Crippen LogP contribution in [-0.4, -0.2) is 82.7 Å². The number of likely N-dealkylation sites (N-methyl/N-ethyl adjacent to an activating group) is 1. The van der Waals surface area contributed by atoms with E-state index in [0.717, 1.165) is 4.31 Å². The van der Waals surface area contributed by atoms with Crippen LogP contribution in [0.2, 0.25) is 0 Å². The summed E-state index contributed by atoms with van der Waals surface area (Å²) in [7, 11) is 1.20. The van der Waals surface area contributed by atoms with Gasteiger partial charge in [-0.05, 0) is 7.05 Å². The fourth-order valence-electron chi connectivity index (χ4n) is 1.21. The standard InChI is InChI=1S/C10H23N3O5S/c1-12(8-9-18-3)7-5-11-19(16,17)13(2)6-4-10(14)15/h11H,4-9H2,1-3H3,(H,14,15). The molecule has 0 aromatic rings. The lowest BCUT2D eigenvalue weighted by Crippen LogP contribution is -2.42. The number of hydrogen-bond acceptors (Lipinski definition) is 5. The Morgan fingerprint density at radius 3 is 2.42 bits per heavy atom. The minimum atomic E-state index is -3.61. The van der Waals surface area contributed by atoms with Crippen LogP contribution in [0.3, 0.4) is 0 Å². The molecule has 0 atom stereocenters. The molecule has 0 rings (SSSR count). The number of rotatable bonds is 11.